The van der Waals surface area contributed by atoms with E-state index in [0.717, 1.165) is 5.56 Å². The summed E-state index contributed by atoms with van der Waals surface area (Å²) in [5.41, 5.74) is 6.37. The van der Waals surface area contributed by atoms with Crippen LogP contribution < -0.4 is 11.1 Å². The van der Waals surface area contributed by atoms with Crippen molar-refractivity contribution in [3.63, 3.8) is 0 Å². The fourth-order valence-corrected chi connectivity index (χ4v) is 1.62. The van der Waals surface area contributed by atoms with E-state index in [1.165, 1.54) is 0 Å². The van der Waals surface area contributed by atoms with Gasteiger partial charge in [-0.15, -0.1) is 0 Å². The van der Waals surface area contributed by atoms with Gasteiger partial charge >= 0.3 is 0 Å². The predicted octanol–water partition coefficient (Wildman–Crippen LogP) is 1.36. The highest BCUT2D eigenvalue weighted by Crippen LogP contribution is 2.22. The molecule has 1 amide bonds. The number of rotatable bonds is 5. The summed E-state index contributed by atoms with van der Waals surface area (Å²) >= 11 is 11.6. The van der Waals surface area contributed by atoms with Crippen molar-refractivity contribution in [2.45, 2.75) is 25.5 Å². The third kappa shape index (κ3) is 4.82. The van der Waals surface area contributed by atoms with Crippen LogP contribution in [0.1, 0.15) is 12.5 Å². The molecule has 18 heavy (non-hydrogen) atoms. The normalized spacial score (nSPS) is 14.1. The summed E-state index contributed by atoms with van der Waals surface area (Å²) in [7, 11) is 0. The van der Waals surface area contributed by atoms with Crippen LogP contribution in [-0.2, 0) is 11.2 Å². The number of benzene rings is 1. The van der Waals surface area contributed by atoms with Gasteiger partial charge in [0.2, 0.25) is 5.91 Å². The number of nitrogens with two attached hydrogens (primary N) is 1. The van der Waals surface area contributed by atoms with Gasteiger partial charge in [-0.3, -0.25) is 4.79 Å². The smallest absolute Gasteiger partial charge is 0.224 e. The molecule has 0 bridgehead atoms. The molecular weight excluding hydrogens is 275 g/mol. The summed E-state index contributed by atoms with van der Waals surface area (Å²) in [4.78, 5) is 11.6. The molecule has 0 saturated carbocycles. The Labute approximate surface area is 116 Å². The van der Waals surface area contributed by atoms with Crippen molar-refractivity contribution >= 4 is 29.1 Å². The number of halogens is 2. The molecular formula is C12H16Cl2N2O2. The molecule has 0 aromatic heterocycles. The zero-order valence-electron chi connectivity index (χ0n) is 9.99. The third-order valence-electron chi connectivity index (χ3n) is 2.50. The minimum Gasteiger partial charge on any atom is -0.392 e. The number of carbonyl (C=O) groups is 1. The van der Waals surface area contributed by atoms with Gasteiger partial charge in [0.15, 0.2) is 0 Å². The first-order chi connectivity index (χ1) is 8.40. The molecule has 0 radical (unpaired) electrons. The van der Waals surface area contributed by atoms with Crippen LogP contribution >= 0.6 is 23.2 Å². The lowest BCUT2D eigenvalue weighted by Crippen LogP contribution is -2.44. The molecule has 6 heteroatoms. The van der Waals surface area contributed by atoms with Crippen LogP contribution in [0.5, 0.6) is 0 Å². The first-order valence-corrected chi connectivity index (χ1v) is 6.30. The number of aliphatic hydroxyl groups excluding tert-OH is 1. The Hall–Kier alpha value is -0.810. The lowest BCUT2D eigenvalue weighted by atomic mass is 10.1. The maximum atomic E-state index is 11.6. The molecule has 100 valence electrons. The molecule has 2 atom stereocenters. The van der Waals surface area contributed by atoms with Crippen molar-refractivity contribution in [2.75, 3.05) is 6.54 Å². The van der Waals surface area contributed by atoms with E-state index in [0.29, 0.717) is 10.0 Å². The first-order valence-electron chi connectivity index (χ1n) is 5.54. The van der Waals surface area contributed by atoms with E-state index in [1.807, 2.05) is 0 Å². The molecule has 0 saturated heterocycles. The summed E-state index contributed by atoms with van der Waals surface area (Å²) in [6, 6.07) is 4.57. The largest absolute Gasteiger partial charge is 0.392 e. The number of hydrogen-bond acceptors (Lipinski definition) is 3. The molecule has 0 heterocycles. The zero-order valence-corrected chi connectivity index (χ0v) is 11.5. The summed E-state index contributed by atoms with van der Waals surface area (Å²) in [5, 5.41) is 12.7. The highest BCUT2D eigenvalue weighted by molar-refractivity contribution is 6.42. The number of carbonyl (C=O) groups excluding carboxylic acids is 1. The molecule has 4 nitrogen and oxygen atoms in total. The Kier molecular flexibility index (Phi) is 5.88. The van der Waals surface area contributed by atoms with Crippen LogP contribution in [0.2, 0.25) is 10.0 Å². The molecule has 1 aromatic carbocycles. The topological polar surface area (TPSA) is 75.3 Å². The van der Waals surface area contributed by atoms with Gasteiger partial charge in [0.25, 0.3) is 0 Å². The number of amides is 1. The molecule has 1 rings (SSSR count). The summed E-state index contributed by atoms with van der Waals surface area (Å²) < 4.78 is 0. The summed E-state index contributed by atoms with van der Waals surface area (Å²) in [6.07, 6.45) is -0.459. The fraction of sp³-hybridized carbons (Fsp3) is 0.417. The van der Waals surface area contributed by atoms with E-state index in [2.05, 4.69) is 5.32 Å². The predicted molar refractivity (Wildman–Crippen MR) is 72.8 cm³/mol. The van der Waals surface area contributed by atoms with Gasteiger partial charge in [-0.2, -0.15) is 0 Å². The highest BCUT2D eigenvalue weighted by Gasteiger charge is 2.11. The van der Waals surface area contributed by atoms with Crippen LogP contribution in [0.15, 0.2) is 18.2 Å². The maximum Gasteiger partial charge on any atom is 0.224 e. The number of hydrogen-bond donors (Lipinski definition) is 3. The van der Waals surface area contributed by atoms with E-state index in [-0.39, 0.29) is 18.9 Å². The standard InChI is InChI=1S/C12H16Cl2N2O2/c1-7(17)11(15)6-16-12(18)5-8-2-3-9(13)10(14)4-8/h2-4,7,11,17H,5-6,15H2,1H3,(H,16,18). The van der Waals surface area contributed by atoms with Crippen molar-refractivity contribution in [3.05, 3.63) is 33.8 Å². The first kappa shape index (κ1) is 15.2. The second-order valence-electron chi connectivity index (χ2n) is 4.13. The highest BCUT2D eigenvalue weighted by atomic mass is 35.5. The zero-order chi connectivity index (χ0) is 13.7. The van der Waals surface area contributed by atoms with Crippen LogP contribution in [-0.4, -0.2) is 29.7 Å². The van der Waals surface area contributed by atoms with E-state index in [9.17, 15) is 9.90 Å². The van der Waals surface area contributed by atoms with Crippen molar-refractivity contribution in [1.82, 2.24) is 5.32 Å². The van der Waals surface area contributed by atoms with Gasteiger partial charge in [0, 0.05) is 12.6 Å². The Bertz CT molecular complexity index is 425. The molecule has 0 aliphatic heterocycles. The second kappa shape index (κ2) is 6.95. The molecule has 0 spiro atoms. The van der Waals surface area contributed by atoms with Crippen LogP contribution in [0.3, 0.4) is 0 Å². The van der Waals surface area contributed by atoms with E-state index >= 15 is 0 Å². The van der Waals surface area contributed by atoms with E-state index < -0.39 is 12.1 Å². The molecule has 4 N–H and O–H groups in total. The SMILES string of the molecule is CC(O)C(N)CNC(=O)Cc1ccc(Cl)c(Cl)c1. The Morgan fingerprint density at radius 2 is 2.11 bits per heavy atom. The van der Waals surface area contributed by atoms with Crippen LogP contribution in [0.25, 0.3) is 0 Å². The second-order valence-corrected chi connectivity index (χ2v) is 4.95. The van der Waals surface area contributed by atoms with Crippen molar-refractivity contribution in [3.8, 4) is 0 Å². The van der Waals surface area contributed by atoms with Crippen LogP contribution in [0.4, 0.5) is 0 Å². The molecule has 2 unspecified atom stereocenters. The molecule has 0 aliphatic carbocycles. The third-order valence-corrected chi connectivity index (χ3v) is 3.24. The molecule has 0 fully saturated rings. The quantitative estimate of drug-likeness (QED) is 0.766. The average Bonchev–Trinajstić information content (AvgIpc) is 2.30. The van der Waals surface area contributed by atoms with Gasteiger partial charge in [0.05, 0.1) is 22.6 Å². The average molecular weight is 291 g/mol. The van der Waals surface area contributed by atoms with Gasteiger partial charge < -0.3 is 16.2 Å². The summed E-state index contributed by atoms with van der Waals surface area (Å²) in [5.74, 6) is -0.176. The van der Waals surface area contributed by atoms with Crippen LogP contribution in [0, 0.1) is 0 Å². The van der Waals surface area contributed by atoms with Gasteiger partial charge in [-0.25, -0.2) is 0 Å². The Morgan fingerprint density at radius 3 is 2.67 bits per heavy atom. The lowest BCUT2D eigenvalue weighted by molar-refractivity contribution is -0.120. The minimum atomic E-state index is -0.657. The van der Waals surface area contributed by atoms with Crippen molar-refractivity contribution in [2.24, 2.45) is 5.73 Å². The minimum absolute atomic E-state index is 0.176. The van der Waals surface area contributed by atoms with Crippen molar-refractivity contribution in [1.29, 1.82) is 0 Å². The lowest BCUT2D eigenvalue weighted by Gasteiger charge is -2.15. The Morgan fingerprint density at radius 1 is 1.44 bits per heavy atom. The summed E-state index contributed by atoms with van der Waals surface area (Å²) in [6.45, 7) is 1.81. The molecule has 0 aliphatic rings. The molecule has 1 aromatic rings. The number of aliphatic hydroxyl groups is 1. The van der Waals surface area contributed by atoms with E-state index in [4.69, 9.17) is 28.9 Å². The van der Waals surface area contributed by atoms with E-state index in [1.54, 1.807) is 25.1 Å². The number of nitrogens with one attached hydrogen (secondary N) is 1. The fourth-order valence-electron chi connectivity index (χ4n) is 1.30. The van der Waals surface area contributed by atoms with Gasteiger partial charge in [-0.05, 0) is 24.6 Å². The Balaban J connectivity index is 2.47. The monoisotopic (exact) mass is 290 g/mol. The maximum absolute atomic E-state index is 11.6. The van der Waals surface area contributed by atoms with Crippen molar-refractivity contribution < 1.29 is 9.90 Å². The van der Waals surface area contributed by atoms with Gasteiger partial charge in [0.1, 0.15) is 0 Å². The van der Waals surface area contributed by atoms with Gasteiger partial charge in [-0.1, -0.05) is 29.3 Å².